The van der Waals surface area contributed by atoms with Gasteiger partial charge in [-0.25, -0.2) is 4.79 Å². The third-order valence-corrected chi connectivity index (χ3v) is 5.70. The summed E-state index contributed by atoms with van der Waals surface area (Å²) in [7, 11) is 4.78. The molecule has 0 unspecified atom stereocenters. The maximum absolute atomic E-state index is 12.8. The first-order valence-corrected chi connectivity index (χ1v) is 9.87. The fourth-order valence-corrected chi connectivity index (χ4v) is 3.86. The molecule has 9 nitrogen and oxygen atoms in total. The van der Waals surface area contributed by atoms with Crippen molar-refractivity contribution in [3.63, 3.8) is 0 Å². The Bertz CT molecular complexity index is 1370. The summed E-state index contributed by atoms with van der Waals surface area (Å²) < 4.78 is 11.8. The van der Waals surface area contributed by atoms with E-state index in [4.69, 9.17) is 4.74 Å². The first kappa shape index (κ1) is 19.8. The molecule has 3 heterocycles. The number of rotatable bonds is 6. The van der Waals surface area contributed by atoms with Crippen molar-refractivity contribution < 1.29 is 4.74 Å². The Kier molecular flexibility index (Phi) is 4.89. The largest absolute Gasteiger partial charge is 0.497 e. The van der Waals surface area contributed by atoms with Gasteiger partial charge in [-0.15, -0.1) is 0 Å². The van der Waals surface area contributed by atoms with Gasteiger partial charge in [-0.1, -0.05) is 6.07 Å². The van der Waals surface area contributed by atoms with Crippen molar-refractivity contribution in [3.05, 3.63) is 56.5 Å². The molecule has 0 spiro atoms. The Hall–Kier alpha value is -3.49. The fraction of sp³-hybridized carbons (Fsp3) is 0.381. The van der Waals surface area contributed by atoms with Gasteiger partial charge in [0.2, 0.25) is 5.78 Å². The normalized spacial score (nSPS) is 11.5. The molecule has 0 aliphatic rings. The van der Waals surface area contributed by atoms with E-state index in [1.807, 2.05) is 42.5 Å². The number of imidazole rings is 2. The molecule has 0 aliphatic heterocycles. The number of benzene rings is 1. The summed E-state index contributed by atoms with van der Waals surface area (Å²) in [6.07, 6.45) is 0.863. The molecule has 0 saturated heterocycles. The number of aryl methyl sites for hydroxylation is 3. The van der Waals surface area contributed by atoms with Gasteiger partial charge in [-0.3, -0.25) is 18.3 Å². The van der Waals surface area contributed by atoms with E-state index < -0.39 is 0 Å². The monoisotopic (exact) mass is 410 g/mol. The zero-order valence-electron chi connectivity index (χ0n) is 17.9. The maximum Gasteiger partial charge on any atom is 0.332 e. The highest BCUT2D eigenvalue weighted by atomic mass is 16.5. The summed E-state index contributed by atoms with van der Waals surface area (Å²) in [6.45, 7) is 5.50. The van der Waals surface area contributed by atoms with Crippen molar-refractivity contribution in [1.82, 2.24) is 23.1 Å². The number of ether oxygens (including phenoxy) is 1. The third kappa shape index (κ3) is 2.97. The molecule has 0 saturated carbocycles. The Labute approximate surface area is 173 Å². The Morgan fingerprint density at radius 3 is 2.60 bits per heavy atom. The van der Waals surface area contributed by atoms with E-state index in [0.29, 0.717) is 16.9 Å². The van der Waals surface area contributed by atoms with Crippen LogP contribution >= 0.6 is 0 Å². The van der Waals surface area contributed by atoms with Gasteiger partial charge in [-0.2, -0.15) is 4.98 Å². The smallest absolute Gasteiger partial charge is 0.332 e. The Morgan fingerprint density at radius 1 is 1.10 bits per heavy atom. The first-order valence-electron chi connectivity index (χ1n) is 9.87. The predicted molar refractivity (Wildman–Crippen MR) is 117 cm³/mol. The van der Waals surface area contributed by atoms with Crippen LogP contribution in [0.15, 0.2) is 33.9 Å². The van der Waals surface area contributed by atoms with Gasteiger partial charge in [0, 0.05) is 50.3 Å². The molecule has 0 fully saturated rings. The van der Waals surface area contributed by atoms with E-state index in [0.717, 1.165) is 46.9 Å². The van der Waals surface area contributed by atoms with Gasteiger partial charge in [0.15, 0.2) is 11.2 Å². The minimum absolute atomic E-state index is 0.333. The van der Waals surface area contributed by atoms with Crippen LogP contribution in [-0.2, 0) is 20.6 Å². The number of hydrogen-bond acceptors (Lipinski definition) is 5. The SMILES string of the molecule is COc1cccc(NCCCn2c(C)c(C)n3c4c(=O)n(C)c(=O)n(C)c4nc23)c1. The molecular weight excluding hydrogens is 384 g/mol. The lowest BCUT2D eigenvalue weighted by molar-refractivity contribution is 0.415. The van der Waals surface area contributed by atoms with Crippen molar-refractivity contribution in [3.8, 4) is 5.75 Å². The highest BCUT2D eigenvalue weighted by molar-refractivity contribution is 5.76. The number of hydrogen-bond donors (Lipinski definition) is 1. The van der Waals surface area contributed by atoms with Gasteiger partial charge in [0.25, 0.3) is 5.56 Å². The second kappa shape index (κ2) is 7.40. The van der Waals surface area contributed by atoms with Gasteiger partial charge >= 0.3 is 5.69 Å². The topological polar surface area (TPSA) is 87.5 Å². The van der Waals surface area contributed by atoms with E-state index in [9.17, 15) is 9.59 Å². The van der Waals surface area contributed by atoms with Crippen LogP contribution in [0.25, 0.3) is 16.9 Å². The Balaban J connectivity index is 1.65. The van der Waals surface area contributed by atoms with Crippen LogP contribution < -0.4 is 21.3 Å². The molecule has 4 aromatic rings. The molecule has 158 valence electrons. The summed E-state index contributed by atoms with van der Waals surface area (Å²) in [5, 5.41) is 3.40. The van der Waals surface area contributed by atoms with Crippen molar-refractivity contribution in [1.29, 1.82) is 0 Å². The third-order valence-electron chi connectivity index (χ3n) is 5.70. The van der Waals surface area contributed by atoms with Gasteiger partial charge < -0.3 is 14.6 Å². The van der Waals surface area contributed by atoms with Crippen LogP contribution in [0, 0.1) is 13.8 Å². The molecule has 4 rings (SSSR count). The van der Waals surface area contributed by atoms with Crippen LogP contribution in [0.5, 0.6) is 5.75 Å². The molecule has 3 aromatic heterocycles. The lowest BCUT2D eigenvalue weighted by atomic mass is 10.3. The molecule has 30 heavy (non-hydrogen) atoms. The summed E-state index contributed by atoms with van der Waals surface area (Å²) in [6, 6.07) is 7.82. The summed E-state index contributed by atoms with van der Waals surface area (Å²) >= 11 is 0. The van der Waals surface area contributed by atoms with Crippen LogP contribution in [0.1, 0.15) is 17.8 Å². The van der Waals surface area contributed by atoms with Crippen molar-refractivity contribution in [2.24, 2.45) is 14.1 Å². The molecule has 0 aliphatic carbocycles. The molecule has 0 bridgehead atoms. The van der Waals surface area contributed by atoms with Crippen molar-refractivity contribution in [2.75, 3.05) is 19.0 Å². The van der Waals surface area contributed by atoms with Gasteiger partial charge in [0.05, 0.1) is 7.11 Å². The van der Waals surface area contributed by atoms with Gasteiger partial charge in [0.1, 0.15) is 5.75 Å². The van der Waals surface area contributed by atoms with Crippen LogP contribution in [-0.4, -0.2) is 36.7 Å². The van der Waals surface area contributed by atoms with Crippen LogP contribution in [0.2, 0.25) is 0 Å². The number of nitrogens with one attached hydrogen (secondary N) is 1. The second-order valence-corrected chi connectivity index (χ2v) is 7.46. The number of anilines is 1. The predicted octanol–water partition coefficient (Wildman–Crippen LogP) is 1.81. The minimum Gasteiger partial charge on any atom is -0.497 e. The minimum atomic E-state index is -0.378. The fourth-order valence-electron chi connectivity index (χ4n) is 3.86. The first-order chi connectivity index (χ1) is 14.3. The standard InChI is InChI=1S/C21H26N6O3/c1-13-14(2)27-17-18(24(3)21(29)25(4)19(17)28)23-20(27)26(13)11-7-10-22-15-8-6-9-16(12-15)30-5/h6,8-9,12,22H,7,10-11H2,1-5H3. The second-order valence-electron chi connectivity index (χ2n) is 7.46. The zero-order valence-corrected chi connectivity index (χ0v) is 17.9. The number of aromatic nitrogens is 5. The summed E-state index contributed by atoms with van der Waals surface area (Å²) in [5.74, 6) is 1.49. The average molecular weight is 410 g/mol. The number of nitrogens with zero attached hydrogens (tertiary/aromatic N) is 5. The highest BCUT2D eigenvalue weighted by Gasteiger charge is 2.21. The van der Waals surface area contributed by atoms with E-state index in [1.165, 1.54) is 11.6 Å². The Morgan fingerprint density at radius 2 is 1.87 bits per heavy atom. The molecule has 0 radical (unpaired) electrons. The number of methoxy groups -OCH3 is 1. The molecule has 1 aromatic carbocycles. The molecular formula is C21H26N6O3. The lowest BCUT2D eigenvalue weighted by Crippen LogP contribution is -2.37. The molecule has 9 heteroatoms. The van der Waals surface area contributed by atoms with Crippen molar-refractivity contribution >= 4 is 22.6 Å². The molecule has 1 N–H and O–H groups in total. The quantitative estimate of drug-likeness (QED) is 0.490. The zero-order chi connectivity index (χ0) is 21.6. The number of fused-ring (bicyclic) bond motifs is 3. The molecule has 0 atom stereocenters. The van der Waals surface area contributed by atoms with E-state index >= 15 is 0 Å². The summed E-state index contributed by atoms with van der Waals surface area (Å²) in [5.41, 5.74) is 3.13. The van der Waals surface area contributed by atoms with E-state index in [-0.39, 0.29) is 11.2 Å². The van der Waals surface area contributed by atoms with Crippen LogP contribution in [0.3, 0.4) is 0 Å². The highest BCUT2D eigenvalue weighted by Crippen LogP contribution is 2.21. The summed E-state index contributed by atoms with van der Waals surface area (Å²) in [4.78, 5) is 29.7. The van der Waals surface area contributed by atoms with E-state index in [2.05, 4.69) is 14.9 Å². The van der Waals surface area contributed by atoms with E-state index in [1.54, 1.807) is 14.2 Å². The average Bonchev–Trinajstić information content (AvgIpc) is 3.25. The molecule has 0 amide bonds. The van der Waals surface area contributed by atoms with Crippen LogP contribution in [0.4, 0.5) is 5.69 Å². The van der Waals surface area contributed by atoms with Gasteiger partial charge in [-0.05, 0) is 32.4 Å². The lowest BCUT2D eigenvalue weighted by Gasteiger charge is -2.09. The maximum atomic E-state index is 12.8. The van der Waals surface area contributed by atoms with Crippen molar-refractivity contribution in [2.45, 2.75) is 26.8 Å².